The number of benzene rings is 1. The fourth-order valence-corrected chi connectivity index (χ4v) is 3.29. The average molecular weight is 371 g/mol. The molecule has 0 saturated carbocycles. The number of piperidine rings is 1. The number of esters is 1. The molecule has 0 aliphatic carbocycles. The molecule has 0 unspecified atom stereocenters. The summed E-state index contributed by atoms with van der Waals surface area (Å²) in [4.78, 5) is 39.2. The van der Waals surface area contributed by atoms with Gasteiger partial charge in [0, 0.05) is 25.0 Å². The molecule has 1 aliphatic heterocycles. The van der Waals surface area contributed by atoms with Crippen LogP contribution in [-0.2, 0) is 16.1 Å². The summed E-state index contributed by atoms with van der Waals surface area (Å²) in [6.45, 7) is 5.44. The first kappa shape index (κ1) is 19.1. The van der Waals surface area contributed by atoms with E-state index < -0.39 is 5.97 Å². The van der Waals surface area contributed by atoms with Crippen molar-refractivity contribution in [3.05, 3.63) is 40.3 Å². The first-order valence-electron chi connectivity index (χ1n) is 9.42. The lowest BCUT2D eigenvalue weighted by Gasteiger charge is -2.26. The number of likely N-dealkylation sites (tertiary alicyclic amines) is 1. The van der Waals surface area contributed by atoms with Crippen LogP contribution in [0.25, 0.3) is 10.8 Å². The Labute approximate surface area is 157 Å². The van der Waals surface area contributed by atoms with Gasteiger partial charge >= 0.3 is 5.97 Å². The third kappa shape index (κ3) is 4.35. The van der Waals surface area contributed by atoms with Gasteiger partial charge in [-0.25, -0.2) is 9.48 Å². The molecule has 1 aromatic heterocycles. The second kappa shape index (κ2) is 8.33. The minimum Gasteiger partial charge on any atom is -0.451 e. The van der Waals surface area contributed by atoms with Crippen LogP contribution in [0.5, 0.6) is 0 Å². The molecule has 144 valence electrons. The summed E-state index contributed by atoms with van der Waals surface area (Å²) in [6.07, 6.45) is 3.08. The molecule has 2 aromatic rings. The first-order valence-corrected chi connectivity index (χ1v) is 9.42. The molecule has 7 heteroatoms. The van der Waals surface area contributed by atoms with Crippen LogP contribution >= 0.6 is 0 Å². The van der Waals surface area contributed by atoms with Crippen molar-refractivity contribution < 1.29 is 14.3 Å². The maximum atomic E-state index is 12.6. The van der Waals surface area contributed by atoms with Crippen molar-refractivity contribution in [2.24, 2.45) is 5.92 Å². The zero-order chi connectivity index (χ0) is 19.4. The van der Waals surface area contributed by atoms with Gasteiger partial charge in [0.1, 0.15) is 0 Å². The Morgan fingerprint density at radius 3 is 2.44 bits per heavy atom. The minimum absolute atomic E-state index is 0.0669. The summed E-state index contributed by atoms with van der Waals surface area (Å²) >= 11 is 0. The molecule has 1 aromatic carbocycles. The van der Waals surface area contributed by atoms with E-state index in [9.17, 15) is 14.4 Å². The number of hydrogen-bond acceptors (Lipinski definition) is 5. The molecule has 7 nitrogen and oxygen atoms in total. The number of fused-ring (bicyclic) bond motifs is 1. The Hall–Kier alpha value is -2.70. The Bertz CT molecular complexity index is 898. The van der Waals surface area contributed by atoms with E-state index >= 15 is 0 Å². The van der Waals surface area contributed by atoms with Crippen molar-refractivity contribution in [2.75, 3.05) is 19.7 Å². The Morgan fingerprint density at radius 2 is 1.78 bits per heavy atom. The molecule has 2 heterocycles. The topological polar surface area (TPSA) is 81.5 Å². The second-order valence-electron chi connectivity index (χ2n) is 7.29. The average Bonchev–Trinajstić information content (AvgIpc) is 2.68. The maximum absolute atomic E-state index is 12.6. The van der Waals surface area contributed by atoms with Gasteiger partial charge in [-0.15, -0.1) is 0 Å². The summed E-state index contributed by atoms with van der Waals surface area (Å²) in [7, 11) is 0. The van der Waals surface area contributed by atoms with Crippen molar-refractivity contribution >= 4 is 22.6 Å². The number of nitrogens with zero attached hydrogens (tertiary/aromatic N) is 3. The molecule has 0 atom stereocenters. The zero-order valence-corrected chi connectivity index (χ0v) is 15.8. The predicted molar refractivity (Wildman–Crippen MR) is 102 cm³/mol. The molecule has 1 amide bonds. The molecule has 1 saturated heterocycles. The second-order valence-corrected chi connectivity index (χ2v) is 7.29. The van der Waals surface area contributed by atoms with Crippen molar-refractivity contribution in [3.63, 3.8) is 0 Å². The highest BCUT2D eigenvalue weighted by Crippen LogP contribution is 2.15. The van der Waals surface area contributed by atoms with Crippen LogP contribution in [0.2, 0.25) is 0 Å². The third-order valence-corrected chi connectivity index (χ3v) is 4.63. The summed E-state index contributed by atoms with van der Waals surface area (Å²) in [6, 6.07) is 6.84. The Kier molecular flexibility index (Phi) is 5.88. The highest BCUT2D eigenvalue weighted by molar-refractivity contribution is 6.02. The van der Waals surface area contributed by atoms with Crippen LogP contribution in [0.15, 0.2) is 29.1 Å². The van der Waals surface area contributed by atoms with Crippen LogP contribution in [0.3, 0.4) is 0 Å². The van der Waals surface area contributed by atoms with Gasteiger partial charge in [-0.3, -0.25) is 9.59 Å². The largest absolute Gasteiger partial charge is 0.451 e. The summed E-state index contributed by atoms with van der Waals surface area (Å²) in [5, 5.41) is 5.10. The normalized spacial score (nSPS) is 14.6. The highest BCUT2D eigenvalue weighted by Gasteiger charge is 2.22. The van der Waals surface area contributed by atoms with E-state index in [0.717, 1.165) is 19.3 Å². The number of amides is 1. The monoisotopic (exact) mass is 371 g/mol. The molecule has 27 heavy (non-hydrogen) atoms. The third-order valence-electron chi connectivity index (χ3n) is 4.63. The molecule has 1 aliphatic rings. The van der Waals surface area contributed by atoms with Crippen LogP contribution in [0.1, 0.15) is 43.6 Å². The van der Waals surface area contributed by atoms with Gasteiger partial charge in [-0.2, -0.15) is 5.10 Å². The van der Waals surface area contributed by atoms with Gasteiger partial charge in [0.05, 0.1) is 5.39 Å². The van der Waals surface area contributed by atoms with E-state index in [1.807, 2.05) is 13.8 Å². The van der Waals surface area contributed by atoms with E-state index in [-0.39, 0.29) is 29.7 Å². The van der Waals surface area contributed by atoms with Crippen molar-refractivity contribution in [1.29, 1.82) is 0 Å². The predicted octanol–water partition coefficient (Wildman–Crippen LogP) is 2.22. The molecule has 3 rings (SSSR count). The van der Waals surface area contributed by atoms with E-state index in [2.05, 4.69) is 5.10 Å². The molecular weight excluding hydrogens is 346 g/mol. The van der Waals surface area contributed by atoms with E-state index in [1.54, 1.807) is 29.2 Å². The van der Waals surface area contributed by atoms with Gasteiger partial charge in [0.15, 0.2) is 12.3 Å². The number of aromatic nitrogens is 2. The SMILES string of the molecule is CC(C)Cn1nc(C(=O)OCC(=O)N2CCCCC2)c2ccccc2c1=O. The summed E-state index contributed by atoms with van der Waals surface area (Å²) in [5.74, 6) is -0.683. The highest BCUT2D eigenvalue weighted by atomic mass is 16.5. The number of carbonyl (C=O) groups is 2. The number of rotatable bonds is 5. The molecule has 1 fully saturated rings. The van der Waals surface area contributed by atoms with Crippen LogP contribution in [-0.4, -0.2) is 46.3 Å². The van der Waals surface area contributed by atoms with E-state index in [1.165, 1.54) is 4.68 Å². The fraction of sp³-hybridized carbons (Fsp3) is 0.500. The van der Waals surface area contributed by atoms with Gasteiger partial charge < -0.3 is 9.64 Å². The number of hydrogen-bond donors (Lipinski definition) is 0. The van der Waals surface area contributed by atoms with Gasteiger partial charge in [0.25, 0.3) is 11.5 Å². The van der Waals surface area contributed by atoms with Crippen LogP contribution in [0.4, 0.5) is 0 Å². The first-order chi connectivity index (χ1) is 13.0. The summed E-state index contributed by atoms with van der Waals surface area (Å²) in [5.41, 5.74) is -0.169. The number of carbonyl (C=O) groups excluding carboxylic acids is 2. The van der Waals surface area contributed by atoms with E-state index in [4.69, 9.17) is 4.74 Å². The van der Waals surface area contributed by atoms with E-state index in [0.29, 0.717) is 30.4 Å². The Morgan fingerprint density at radius 1 is 1.11 bits per heavy atom. The number of ether oxygens (including phenoxy) is 1. The van der Waals surface area contributed by atoms with Crippen LogP contribution < -0.4 is 5.56 Å². The molecule has 0 radical (unpaired) electrons. The molecule has 0 bridgehead atoms. The standard InChI is InChI=1S/C20H25N3O4/c1-14(2)12-23-19(25)16-9-5-4-8-15(16)18(21-23)20(26)27-13-17(24)22-10-6-3-7-11-22/h4-5,8-9,14H,3,6-7,10-13H2,1-2H3. The van der Waals surface area contributed by atoms with Crippen LogP contribution in [0, 0.1) is 5.92 Å². The lowest BCUT2D eigenvalue weighted by Crippen LogP contribution is -2.38. The lowest BCUT2D eigenvalue weighted by molar-refractivity contribution is -0.135. The summed E-state index contributed by atoms with van der Waals surface area (Å²) < 4.78 is 6.54. The molecule has 0 spiro atoms. The van der Waals surface area contributed by atoms with Crippen molar-refractivity contribution in [3.8, 4) is 0 Å². The van der Waals surface area contributed by atoms with Gasteiger partial charge in [-0.1, -0.05) is 32.0 Å². The zero-order valence-electron chi connectivity index (χ0n) is 15.8. The lowest BCUT2D eigenvalue weighted by atomic mass is 10.1. The Balaban J connectivity index is 1.84. The quantitative estimate of drug-likeness (QED) is 0.753. The van der Waals surface area contributed by atoms with Crippen molar-refractivity contribution in [1.82, 2.24) is 14.7 Å². The molecule has 0 N–H and O–H groups in total. The maximum Gasteiger partial charge on any atom is 0.359 e. The smallest absolute Gasteiger partial charge is 0.359 e. The molecular formula is C20H25N3O4. The fourth-order valence-electron chi connectivity index (χ4n) is 3.29. The minimum atomic E-state index is -0.686. The van der Waals surface area contributed by atoms with Crippen molar-refractivity contribution in [2.45, 2.75) is 39.7 Å². The van der Waals surface area contributed by atoms with Gasteiger partial charge in [0.2, 0.25) is 0 Å². The van der Waals surface area contributed by atoms with Gasteiger partial charge in [-0.05, 0) is 31.2 Å².